The largest absolute Gasteiger partial charge is 0.473 e. The molecule has 1 aromatic heterocycles. The van der Waals surface area contributed by atoms with Crippen LogP contribution in [0.5, 0.6) is 0 Å². The second kappa shape index (κ2) is 5.08. The molecule has 2 N–H and O–H groups in total. The molecular formula is C13H17N3O2. The first-order valence-corrected chi connectivity index (χ1v) is 6.04. The molecule has 2 rings (SSSR count). The van der Waals surface area contributed by atoms with Gasteiger partial charge in [0, 0.05) is 11.4 Å². The molecule has 18 heavy (non-hydrogen) atoms. The normalized spacial score (nSPS) is 17.2. The lowest BCUT2D eigenvalue weighted by molar-refractivity contribution is -0.116. The highest BCUT2D eigenvalue weighted by Crippen LogP contribution is 2.14. The van der Waals surface area contributed by atoms with Crippen molar-refractivity contribution in [2.45, 2.75) is 33.3 Å². The number of carbonyl (C=O) groups excluding carboxylic acids is 1. The van der Waals surface area contributed by atoms with Gasteiger partial charge in [0.05, 0.1) is 6.10 Å². The van der Waals surface area contributed by atoms with Crippen LogP contribution in [0.25, 0.3) is 6.08 Å². The Morgan fingerprint density at radius 1 is 1.44 bits per heavy atom. The zero-order chi connectivity index (χ0) is 13.1. The first kappa shape index (κ1) is 12.4. The lowest BCUT2D eigenvalue weighted by atomic mass is 10.2. The number of nitrogens with zero attached hydrogens (tertiary/aromatic N) is 1. The summed E-state index contributed by atoms with van der Waals surface area (Å²) in [6.45, 7) is 5.86. The smallest absolute Gasteiger partial charge is 0.277 e. The highest BCUT2D eigenvalue weighted by Gasteiger charge is 2.25. The van der Waals surface area contributed by atoms with Crippen LogP contribution < -0.4 is 5.43 Å². The van der Waals surface area contributed by atoms with Gasteiger partial charge in [0.15, 0.2) is 0 Å². The molecule has 2 heterocycles. The van der Waals surface area contributed by atoms with Crippen molar-refractivity contribution in [2.24, 2.45) is 5.10 Å². The summed E-state index contributed by atoms with van der Waals surface area (Å²) in [7, 11) is 0. The van der Waals surface area contributed by atoms with E-state index in [0.29, 0.717) is 11.5 Å². The Morgan fingerprint density at radius 3 is 2.83 bits per heavy atom. The van der Waals surface area contributed by atoms with E-state index < -0.39 is 0 Å². The molecule has 0 aliphatic carbocycles. The highest BCUT2D eigenvalue weighted by molar-refractivity contribution is 6.24. The van der Waals surface area contributed by atoms with Gasteiger partial charge >= 0.3 is 0 Å². The minimum absolute atomic E-state index is 0.0188. The maximum absolute atomic E-state index is 11.7. The van der Waals surface area contributed by atoms with Crippen molar-refractivity contribution in [3.63, 3.8) is 0 Å². The predicted octanol–water partition coefficient (Wildman–Crippen LogP) is 1.83. The first-order valence-electron chi connectivity index (χ1n) is 6.04. The van der Waals surface area contributed by atoms with Crippen molar-refractivity contribution >= 4 is 17.9 Å². The maximum atomic E-state index is 11.7. The molecule has 0 saturated heterocycles. The number of aromatic amines is 1. The molecule has 1 aromatic rings. The van der Waals surface area contributed by atoms with E-state index in [1.807, 2.05) is 26.0 Å². The number of hydrazone groups is 1. The molecule has 5 heteroatoms. The number of carbonyl (C=O) groups is 1. The Kier molecular flexibility index (Phi) is 3.50. The lowest BCUT2D eigenvalue weighted by Gasteiger charge is -2.08. The number of hydrogen-bond acceptors (Lipinski definition) is 3. The molecule has 0 unspecified atom stereocenters. The molecule has 96 valence electrons. The molecule has 0 aromatic carbocycles. The Hall–Kier alpha value is -2.04. The molecule has 1 aliphatic heterocycles. The summed E-state index contributed by atoms with van der Waals surface area (Å²) in [6, 6.07) is 3.93. The van der Waals surface area contributed by atoms with Gasteiger partial charge in [-0.2, -0.15) is 0 Å². The quantitative estimate of drug-likeness (QED) is 0.800. The molecule has 1 aliphatic rings. The monoisotopic (exact) mass is 247 g/mol. The number of rotatable bonds is 3. The van der Waals surface area contributed by atoms with Gasteiger partial charge in [-0.05, 0) is 38.5 Å². The van der Waals surface area contributed by atoms with E-state index in [1.54, 1.807) is 6.08 Å². The number of ether oxygens (including phenoxy) is 1. The van der Waals surface area contributed by atoms with Crippen LogP contribution in [0.4, 0.5) is 0 Å². The number of aromatic nitrogens is 1. The fourth-order valence-corrected chi connectivity index (χ4v) is 1.66. The molecule has 1 amide bonds. The van der Waals surface area contributed by atoms with Crippen molar-refractivity contribution in [3.05, 3.63) is 29.1 Å². The summed E-state index contributed by atoms with van der Waals surface area (Å²) < 4.78 is 5.48. The average Bonchev–Trinajstić information content (AvgIpc) is 2.90. The summed E-state index contributed by atoms with van der Waals surface area (Å²) in [5.74, 6) is 0.112. The Bertz CT molecular complexity index is 512. The molecule has 0 spiro atoms. The molecule has 0 bridgehead atoms. The minimum Gasteiger partial charge on any atom is -0.473 e. The molecule has 0 fully saturated rings. The van der Waals surface area contributed by atoms with Crippen LogP contribution in [0.15, 0.2) is 22.8 Å². The van der Waals surface area contributed by atoms with Gasteiger partial charge in [0.2, 0.25) is 5.90 Å². The number of aryl methyl sites for hydroxylation is 1. The van der Waals surface area contributed by atoms with Crippen LogP contribution in [0.3, 0.4) is 0 Å². The topological polar surface area (TPSA) is 66.5 Å². The van der Waals surface area contributed by atoms with Gasteiger partial charge in [-0.25, -0.2) is 5.43 Å². The zero-order valence-corrected chi connectivity index (χ0v) is 10.8. The number of H-pyrrole nitrogens is 1. The maximum Gasteiger partial charge on any atom is 0.277 e. The molecular weight excluding hydrogens is 230 g/mol. The Labute approximate surface area is 106 Å². The lowest BCUT2D eigenvalue weighted by Crippen LogP contribution is -2.16. The SMILES string of the molecule is CCc1ccc(C=C2C(=O)NN=C2OC(C)C)[nH]1. The van der Waals surface area contributed by atoms with Crippen molar-refractivity contribution < 1.29 is 9.53 Å². The zero-order valence-electron chi connectivity index (χ0n) is 10.8. The molecule has 5 nitrogen and oxygen atoms in total. The second-order valence-electron chi connectivity index (χ2n) is 4.37. The Morgan fingerprint density at radius 2 is 2.22 bits per heavy atom. The average molecular weight is 247 g/mol. The van der Waals surface area contributed by atoms with Crippen molar-refractivity contribution in [3.8, 4) is 0 Å². The standard InChI is InChI=1S/C13H17N3O2/c1-4-9-5-6-10(14-9)7-11-12(17)15-16-13(11)18-8(2)3/h5-8,14H,4H2,1-3H3,(H,15,17). The number of amides is 1. The molecule has 0 radical (unpaired) electrons. The van der Waals surface area contributed by atoms with Gasteiger partial charge in [-0.1, -0.05) is 6.92 Å². The van der Waals surface area contributed by atoms with Crippen LogP contribution in [-0.4, -0.2) is 22.9 Å². The van der Waals surface area contributed by atoms with Gasteiger partial charge in [-0.3, -0.25) is 4.79 Å². The summed E-state index contributed by atoms with van der Waals surface area (Å²) in [4.78, 5) is 14.9. The molecule has 0 saturated carbocycles. The number of hydrogen-bond donors (Lipinski definition) is 2. The van der Waals surface area contributed by atoms with E-state index in [0.717, 1.165) is 17.8 Å². The summed E-state index contributed by atoms with van der Waals surface area (Å²) in [6.07, 6.45) is 2.66. The van der Waals surface area contributed by atoms with E-state index in [9.17, 15) is 4.79 Å². The summed E-state index contributed by atoms with van der Waals surface area (Å²) in [5.41, 5.74) is 4.86. The van der Waals surface area contributed by atoms with Crippen molar-refractivity contribution in [1.82, 2.24) is 10.4 Å². The van der Waals surface area contributed by atoms with Gasteiger partial charge < -0.3 is 9.72 Å². The summed E-state index contributed by atoms with van der Waals surface area (Å²) >= 11 is 0. The van der Waals surface area contributed by atoms with Crippen LogP contribution in [-0.2, 0) is 16.0 Å². The molecule has 0 atom stereocenters. The minimum atomic E-state index is -0.238. The van der Waals surface area contributed by atoms with E-state index in [2.05, 4.69) is 22.4 Å². The Balaban J connectivity index is 2.23. The third kappa shape index (κ3) is 2.61. The second-order valence-corrected chi connectivity index (χ2v) is 4.37. The van der Waals surface area contributed by atoms with E-state index in [4.69, 9.17) is 4.74 Å². The van der Waals surface area contributed by atoms with Gasteiger partial charge in [0.1, 0.15) is 5.57 Å². The summed E-state index contributed by atoms with van der Waals surface area (Å²) in [5, 5.41) is 3.87. The fraction of sp³-hybridized carbons (Fsp3) is 0.385. The van der Waals surface area contributed by atoms with E-state index in [-0.39, 0.29) is 12.0 Å². The fourth-order valence-electron chi connectivity index (χ4n) is 1.66. The van der Waals surface area contributed by atoms with Crippen LogP contribution in [0.2, 0.25) is 0 Å². The predicted molar refractivity (Wildman–Crippen MR) is 69.9 cm³/mol. The highest BCUT2D eigenvalue weighted by atomic mass is 16.5. The van der Waals surface area contributed by atoms with Crippen LogP contribution in [0, 0.1) is 0 Å². The van der Waals surface area contributed by atoms with E-state index >= 15 is 0 Å². The van der Waals surface area contributed by atoms with Crippen LogP contribution >= 0.6 is 0 Å². The first-order chi connectivity index (χ1) is 8.60. The third-order valence-electron chi connectivity index (χ3n) is 2.53. The third-order valence-corrected chi connectivity index (χ3v) is 2.53. The van der Waals surface area contributed by atoms with Gasteiger partial charge in [0.25, 0.3) is 5.91 Å². The number of nitrogens with one attached hydrogen (secondary N) is 2. The van der Waals surface area contributed by atoms with Gasteiger partial charge in [-0.15, -0.1) is 5.10 Å². The van der Waals surface area contributed by atoms with Crippen molar-refractivity contribution in [2.75, 3.05) is 0 Å². The van der Waals surface area contributed by atoms with E-state index in [1.165, 1.54) is 0 Å². The van der Waals surface area contributed by atoms with Crippen molar-refractivity contribution in [1.29, 1.82) is 0 Å². The van der Waals surface area contributed by atoms with Crippen LogP contribution in [0.1, 0.15) is 32.2 Å².